The summed E-state index contributed by atoms with van der Waals surface area (Å²) in [5.41, 5.74) is 1.65. The normalized spacial score (nSPS) is 14.6. The van der Waals surface area contributed by atoms with Gasteiger partial charge in [-0.25, -0.2) is 8.42 Å². The van der Waals surface area contributed by atoms with Crippen LogP contribution in [0.3, 0.4) is 0 Å². The highest BCUT2D eigenvalue weighted by atomic mass is 35.5. The number of hydrogen-bond acceptors (Lipinski definition) is 8. The van der Waals surface area contributed by atoms with Crippen LogP contribution in [0.2, 0.25) is 5.02 Å². The fourth-order valence-corrected chi connectivity index (χ4v) is 6.56. The summed E-state index contributed by atoms with van der Waals surface area (Å²) in [5, 5.41) is 0.464. The largest absolute Gasteiger partial charge is 0.465 e. The molecule has 2 heterocycles. The molecule has 0 spiro atoms. The maximum atomic E-state index is 12.7. The average molecular weight is 579 g/mol. The third kappa shape index (κ3) is 7.00. The molecule has 0 unspecified atom stereocenters. The predicted octanol–water partition coefficient (Wildman–Crippen LogP) is 2.11. The smallest absolute Gasteiger partial charge is 0.326 e. The Kier molecular flexibility index (Phi) is 8.85. The molecule has 0 saturated carbocycles. The van der Waals surface area contributed by atoms with E-state index in [9.17, 15) is 22.8 Å². The molecule has 2 aromatic carbocycles. The highest BCUT2D eigenvalue weighted by Crippen LogP contribution is 2.22. The zero-order chi connectivity index (χ0) is 27.3. The summed E-state index contributed by atoms with van der Waals surface area (Å²) in [4.78, 5) is 45.2. The van der Waals surface area contributed by atoms with Gasteiger partial charge in [-0.1, -0.05) is 41.1 Å². The van der Waals surface area contributed by atoms with Gasteiger partial charge in [0.25, 0.3) is 5.91 Å². The van der Waals surface area contributed by atoms with Crippen LogP contribution < -0.4 is 9.70 Å². The van der Waals surface area contributed by atoms with E-state index >= 15 is 0 Å². The highest BCUT2D eigenvalue weighted by molar-refractivity contribution is 7.92. The van der Waals surface area contributed by atoms with Crippen LogP contribution in [0.15, 0.2) is 53.5 Å². The number of benzene rings is 2. The van der Waals surface area contributed by atoms with Crippen LogP contribution in [0.4, 0.5) is 5.69 Å². The minimum Gasteiger partial charge on any atom is -0.465 e. The summed E-state index contributed by atoms with van der Waals surface area (Å²) in [5.74, 6) is -3.69. The van der Waals surface area contributed by atoms with Crippen molar-refractivity contribution in [2.24, 2.45) is 4.99 Å². The van der Waals surface area contributed by atoms with Crippen LogP contribution in [-0.4, -0.2) is 80.0 Å². The van der Waals surface area contributed by atoms with Crippen molar-refractivity contribution in [3.63, 3.8) is 0 Å². The number of thiazole rings is 1. The molecule has 1 aliphatic rings. The zero-order valence-electron chi connectivity index (χ0n) is 20.7. The summed E-state index contributed by atoms with van der Waals surface area (Å²) in [6.45, 7) is 3.60. The van der Waals surface area contributed by atoms with Gasteiger partial charge in [-0.05, 0) is 37.3 Å². The Labute approximate surface area is 229 Å². The lowest BCUT2D eigenvalue weighted by molar-refractivity contribution is -0.143. The van der Waals surface area contributed by atoms with Crippen molar-refractivity contribution in [3.8, 4) is 0 Å². The third-order valence-electron chi connectivity index (χ3n) is 5.90. The Balaban J connectivity index is 1.43. The second-order valence-corrected chi connectivity index (χ2v) is 12.1. The van der Waals surface area contributed by atoms with E-state index in [1.807, 2.05) is 30.3 Å². The maximum absolute atomic E-state index is 12.7. The number of rotatable bonds is 8. The Morgan fingerprint density at radius 2 is 1.74 bits per heavy atom. The monoisotopic (exact) mass is 578 g/mol. The summed E-state index contributed by atoms with van der Waals surface area (Å²) in [6, 6.07) is 14.8. The lowest BCUT2D eigenvalue weighted by Crippen LogP contribution is -2.50. The van der Waals surface area contributed by atoms with Gasteiger partial charge in [-0.2, -0.15) is 4.99 Å². The number of esters is 1. The fraction of sp³-hybridized carbons (Fsp3) is 0.360. The predicted molar refractivity (Wildman–Crippen MR) is 146 cm³/mol. The number of nitrogens with zero attached hydrogens (tertiary/aromatic N) is 4. The van der Waals surface area contributed by atoms with Crippen LogP contribution in [0, 0.1) is 0 Å². The molecule has 0 atom stereocenters. The molecule has 1 aromatic heterocycles. The quantitative estimate of drug-likeness (QED) is 0.376. The summed E-state index contributed by atoms with van der Waals surface area (Å²) < 4.78 is 32.6. The van der Waals surface area contributed by atoms with E-state index in [1.54, 1.807) is 25.1 Å². The van der Waals surface area contributed by atoms with E-state index in [2.05, 4.69) is 9.89 Å². The lowest BCUT2D eigenvalue weighted by Gasteiger charge is -2.36. The number of carbonyl (C=O) groups excluding carboxylic acids is 3. The Bertz CT molecular complexity index is 1510. The van der Waals surface area contributed by atoms with Crippen molar-refractivity contribution in [2.75, 3.05) is 49.2 Å². The first kappa shape index (κ1) is 27.8. The van der Waals surface area contributed by atoms with Gasteiger partial charge in [0.1, 0.15) is 18.1 Å². The third-order valence-corrected chi connectivity index (χ3v) is 8.55. The van der Waals surface area contributed by atoms with Crippen molar-refractivity contribution in [1.29, 1.82) is 0 Å². The molecular weight excluding hydrogens is 552 g/mol. The Hall–Kier alpha value is -3.22. The highest BCUT2D eigenvalue weighted by Gasteiger charge is 2.27. The molecule has 1 saturated heterocycles. The molecule has 1 fully saturated rings. The first-order valence-electron chi connectivity index (χ1n) is 12.0. The number of fused-ring (bicyclic) bond motifs is 1. The topological polar surface area (TPSA) is 118 Å². The number of amides is 2. The van der Waals surface area contributed by atoms with E-state index in [4.69, 9.17) is 16.3 Å². The number of ether oxygens (including phenoxy) is 1. The van der Waals surface area contributed by atoms with Crippen LogP contribution in [0.5, 0.6) is 0 Å². The lowest BCUT2D eigenvalue weighted by atomic mass is 10.2. The Morgan fingerprint density at radius 3 is 2.42 bits per heavy atom. The standard InChI is InChI=1S/C25H27ClN4O6S2/c1-2-36-24(33)15-30-20-9-8-18(26)14-21(20)37-25(30)27-22(31)16-38(34,35)17-23(32)29-12-10-28(11-13-29)19-6-4-3-5-7-19/h3-9,14H,2,10-13,15-17H2,1H3. The van der Waals surface area contributed by atoms with E-state index < -0.39 is 39.1 Å². The van der Waals surface area contributed by atoms with Crippen LogP contribution in [0.25, 0.3) is 10.2 Å². The summed E-state index contributed by atoms with van der Waals surface area (Å²) >= 11 is 7.17. The van der Waals surface area contributed by atoms with Crippen molar-refractivity contribution in [1.82, 2.24) is 9.47 Å². The van der Waals surface area contributed by atoms with Crippen molar-refractivity contribution < 1.29 is 27.5 Å². The molecule has 1 aliphatic heterocycles. The SMILES string of the molecule is CCOC(=O)Cn1c(=NC(=O)CS(=O)(=O)CC(=O)N2CCN(c3ccccc3)CC2)sc2cc(Cl)ccc21. The number of hydrogen-bond donors (Lipinski definition) is 0. The first-order chi connectivity index (χ1) is 18.1. The van der Waals surface area contributed by atoms with Gasteiger partial charge in [0.2, 0.25) is 5.91 Å². The van der Waals surface area contributed by atoms with Gasteiger partial charge >= 0.3 is 5.97 Å². The number of aromatic nitrogens is 1. The van der Waals surface area contributed by atoms with Crippen LogP contribution in [-0.2, 0) is 35.5 Å². The molecule has 202 valence electrons. The second kappa shape index (κ2) is 12.1. The molecule has 2 amide bonds. The van der Waals surface area contributed by atoms with Crippen LogP contribution in [0.1, 0.15) is 6.92 Å². The van der Waals surface area contributed by atoms with Crippen molar-refractivity contribution in [3.05, 3.63) is 58.4 Å². The molecule has 13 heteroatoms. The van der Waals surface area contributed by atoms with E-state index in [1.165, 1.54) is 9.47 Å². The maximum Gasteiger partial charge on any atom is 0.326 e. The minimum absolute atomic E-state index is 0.138. The average Bonchev–Trinajstić information content (AvgIpc) is 3.19. The summed E-state index contributed by atoms with van der Waals surface area (Å²) in [6.07, 6.45) is 0. The minimum atomic E-state index is -4.06. The molecule has 0 N–H and O–H groups in total. The number of sulfone groups is 1. The van der Waals surface area contributed by atoms with Gasteiger partial charge in [0.15, 0.2) is 14.6 Å². The molecule has 0 aliphatic carbocycles. The molecule has 4 rings (SSSR count). The molecule has 3 aromatic rings. The molecule has 38 heavy (non-hydrogen) atoms. The van der Waals surface area contributed by atoms with E-state index in [-0.39, 0.29) is 18.0 Å². The number of piperazine rings is 1. The number of para-hydroxylation sites is 1. The van der Waals surface area contributed by atoms with Gasteiger partial charge in [0.05, 0.1) is 16.8 Å². The zero-order valence-corrected chi connectivity index (χ0v) is 23.1. The summed E-state index contributed by atoms with van der Waals surface area (Å²) in [7, 11) is -4.06. The van der Waals surface area contributed by atoms with Crippen molar-refractivity contribution >= 4 is 66.5 Å². The number of anilines is 1. The van der Waals surface area contributed by atoms with Crippen LogP contribution >= 0.6 is 22.9 Å². The fourth-order valence-electron chi connectivity index (χ4n) is 4.13. The molecule has 0 radical (unpaired) electrons. The molecule has 0 bridgehead atoms. The van der Waals surface area contributed by atoms with Gasteiger partial charge in [-0.15, -0.1) is 0 Å². The van der Waals surface area contributed by atoms with Gasteiger partial charge in [-0.3, -0.25) is 14.4 Å². The first-order valence-corrected chi connectivity index (χ1v) is 15.0. The second-order valence-electron chi connectivity index (χ2n) is 8.63. The molecular formula is C25H27ClN4O6S2. The number of halogens is 1. The van der Waals surface area contributed by atoms with E-state index in [0.717, 1.165) is 17.0 Å². The van der Waals surface area contributed by atoms with Gasteiger partial charge < -0.3 is 19.1 Å². The molecule has 10 nitrogen and oxygen atoms in total. The van der Waals surface area contributed by atoms with Crippen molar-refractivity contribution in [2.45, 2.75) is 13.5 Å². The van der Waals surface area contributed by atoms with E-state index in [0.29, 0.717) is 41.4 Å². The number of carbonyl (C=O) groups is 3. The Morgan fingerprint density at radius 1 is 1.03 bits per heavy atom. The van der Waals surface area contributed by atoms with Gasteiger partial charge in [0, 0.05) is 36.9 Å².